The van der Waals surface area contributed by atoms with Crippen molar-refractivity contribution in [2.45, 2.75) is 10.8 Å². The first-order chi connectivity index (χ1) is 19.7. The van der Waals surface area contributed by atoms with Gasteiger partial charge in [-0.2, -0.15) is 5.26 Å². The van der Waals surface area contributed by atoms with Crippen LogP contribution >= 0.6 is 0 Å². The minimum Gasteiger partial charge on any atom is -0.497 e. The number of esters is 2. The van der Waals surface area contributed by atoms with E-state index >= 15 is 0 Å². The molecule has 3 N–H and O–H groups in total. The molecule has 1 heterocycles. The number of nitriles is 1. The third-order valence-corrected chi connectivity index (χ3v) is 7.73. The van der Waals surface area contributed by atoms with E-state index in [0.717, 1.165) is 14.2 Å². The average Bonchev–Trinajstić information content (AvgIpc) is 3.00. The molecule has 0 fully saturated rings. The molecule has 3 aromatic carbocycles. The number of carbonyl (C=O) groups excluding carboxylic acids is 2. The molecule has 4 rings (SSSR count). The Morgan fingerprint density at radius 1 is 0.927 bits per heavy atom. The Morgan fingerprint density at radius 2 is 1.59 bits per heavy atom. The molecule has 0 amide bonds. The van der Waals surface area contributed by atoms with Gasteiger partial charge in [-0.25, -0.2) is 18.0 Å². The van der Waals surface area contributed by atoms with Crippen molar-refractivity contribution >= 4 is 33.3 Å². The zero-order chi connectivity index (χ0) is 29.7. The number of methoxy groups -OCH3 is 3. The molecular formula is C29H26N4O7S. The Bertz CT molecular complexity index is 1690. The van der Waals surface area contributed by atoms with E-state index in [4.69, 9.17) is 19.9 Å². The quantitative estimate of drug-likeness (QED) is 0.382. The minimum atomic E-state index is -4.02. The molecule has 0 saturated heterocycles. The average molecular weight is 575 g/mol. The van der Waals surface area contributed by atoms with E-state index in [1.807, 2.05) is 0 Å². The maximum absolute atomic E-state index is 13.2. The zero-order valence-corrected chi connectivity index (χ0v) is 23.1. The van der Waals surface area contributed by atoms with Crippen LogP contribution in [-0.2, 0) is 29.1 Å². The van der Waals surface area contributed by atoms with Crippen LogP contribution in [0.1, 0.15) is 11.5 Å². The summed E-state index contributed by atoms with van der Waals surface area (Å²) in [7, 11) is -0.261. The van der Waals surface area contributed by atoms with Gasteiger partial charge < -0.3 is 19.9 Å². The van der Waals surface area contributed by atoms with Crippen LogP contribution in [0.4, 0.5) is 11.4 Å². The number of nitrogens with one attached hydrogen (secondary N) is 1. The van der Waals surface area contributed by atoms with Crippen LogP contribution in [0.3, 0.4) is 0 Å². The van der Waals surface area contributed by atoms with Crippen molar-refractivity contribution in [3.8, 4) is 11.8 Å². The Hall–Kier alpha value is -5.28. The van der Waals surface area contributed by atoms with Gasteiger partial charge in [-0.15, -0.1) is 0 Å². The molecular weight excluding hydrogens is 548 g/mol. The van der Waals surface area contributed by atoms with Gasteiger partial charge in [0.15, 0.2) is 0 Å². The van der Waals surface area contributed by atoms with E-state index in [1.54, 1.807) is 48.5 Å². The second-order valence-corrected chi connectivity index (χ2v) is 10.3. The SMILES string of the molecule is COC(=O)C1=C(C(=O)OC)N(c2ccc(S(=O)(=O)Nc3cccc(OC)c3)cc2)C(N)=C(C#N)C1c1ccccc1. The number of hydrogen-bond acceptors (Lipinski definition) is 10. The first-order valence-electron chi connectivity index (χ1n) is 12.1. The maximum Gasteiger partial charge on any atom is 0.355 e. The highest BCUT2D eigenvalue weighted by atomic mass is 32.2. The second kappa shape index (κ2) is 11.8. The molecule has 0 aliphatic carbocycles. The van der Waals surface area contributed by atoms with Gasteiger partial charge in [-0.1, -0.05) is 36.4 Å². The maximum atomic E-state index is 13.2. The standard InChI is InChI=1S/C29H26N4O7S/c1-38-21-11-7-10-19(16-21)32-41(36,37)22-14-12-20(13-15-22)33-26(29(35)40-3)25(28(34)39-2)24(23(17-30)27(33)31)18-8-5-4-6-9-18/h4-16,24,32H,31H2,1-3H3. The fraction of sp³-hybridized carbons (Fsp3) is 0.138. The molecule has 41 heavy (non-hydrogen) atoms. The monoisotopic (exact) mass is 574 g/mol. The summed E-state index contributed by atoms with van der Waals surface area (Å²) in [4.78, 5) is 27.4. The van der Waals surface area contributed by atoms with Gasteiger partial charge in [0.1, 0.15) is 17.3 Å². The van der Waals surface area contributed by atoms with E-state index in [2.05, 4.69) is 10.8 Å². The third kappa shape index (κ3) is 5.57. The molecule has 0 aromatic heterocycles. The Balaban J connectivity index is 1.84. The number of ether oxygens (including phenoxy) is 3. The number of carbonyl (C=O) groups is 2. The first kappa shape index (κ1) is 28.7. The molecule has 210 valence electrons. The number of benzene rings is 3. The lowest BCUT2D eigenvalue weighted by Gasteiger charge is -2.35. The summed E-state index contributed by atoms with van der Waals surface area (Å²) in [5.74, 6) is -2.47. The van der Waals surface area contributed by atoms with Gasteiger partial charge in [0.2, 0.25) is 0 Å². The normalized spacial score (nSPS) is 15.2. The lowest BCUT2D eigenvalue weighted by atomic mass is 9.81. The molecule has 1 unspecified atom stereocenters. The molecule has 1 aliphatic rings. The van der Waals surface area contributed by atoms with Crippen LogP contribution in [0.15, 0.2) is 106 Å². The van der Waals surface area contributed by atoms with E-state index in [-0.39, 0.29) is 33.2 Å². The molecule has 0 bridgehead atoms. The summed E-state index contributed by atoms with van der Waals surface area (Å²) in [5, 5.41) is 10.1. The summed E-state index contributed by atoms with van der Waals surface area (Å²) in [5.41, 5.74) is 7.06. The van der Waals surface area contributed by atoms with Crippen molar-refractivity contribution in [1.29, 1.82) is 5.26 Å². The van der Waals surface area contributed by atoms with Crippen LogP contribution in [-0.4, -0.2) is 41.7 Å². The van der Waals surface area contributed by atoms with Crippen molar-refractivity contribution in [2.75, 3.05) is 31.0 Å². The van der Waals surface area contributed by atoms with Crippen LogP contribution < -0.4 is 20.1 Å². The molecule has 1 atom stereocenters. The predicted octanol–water partition coefficient (Wildman–Crippen LogP) is 3.39. The number of nitrogens with zero attached hydrogens (tertiary/aromatic N) is 2. The molecule has 0 saturated carbocycles. The number of nitrogens with two attached hydrogens (primary N) is 1. The largest absolute Gasteiger partial charge is 0.497 e. The Kier molecular flexibility index (Phi) is 8.30. The second-order valence-electron chi connectivity index (χ2n) is 8.67. The number of rotatable bonds is 8. The Labute approximate surface area is 237 Å². The highest BCUT2D eigenvalue weighted by Gasteiger charge is 2.43. The number of anilines is 2. The van der Waals surface area contributed by atoms with E-state index < -0.39 is 27.9 Å². The molecule has 0 radical (unpaired) electrons. The van der Waals surface area contributed by atoms with Crippen LogP contribution in [0.2, 0.25) is 0 Å². The van der Waals surface area contributed by atoms with E-state index in [0.29, 0.717) is 17.0 Å². The van der Waals surface area contributed by atoms with Crippen molar-refractivity contribution in [2.24, 2.45) is 5.73 Å². The molecule has 11 nitrogen and oxygen atoms in total. The molecule has 3 aromatic rings. The third-order valence-electron chi connectivity index (χ3n) is 6.34. The molecule has 1 aliphatic heterocycles. The number of sulfonamides is 1. The van der Waals surface area contributed by atoms with Gasteiger partial charge in [0.25, 0.3) is 10.0 Å². The van der Waals surface area contributed by atoms with Crippen LogP contribution in [0, 0.1) is 11.3 Å². The highest BCUT2D eigenvalue weighted by Crippen LogP contribution is 2.43. The lowest BCUT2D eigenvalue weighted by molar-refractivity contribution is -0.139. The Morgan fingerprint density at radius 3 is 2.17 bits per heavy atom. The van der Waals surface area contributed by atoms with E-state index in [9.17, 15) is 23.3 Å². The number of hydrogen-bond donors (Lipinski definition) is 2. The molecule has 12 heteroatoms. The summed E-state index contributed by atoms with van der Waals surface area (Å²) >= 11 is 0. The fourth-order valence-corrected chi connectivity index (χ4v) is 5.51. The lowest BCUT2D eigenvalue weighted by Crippen LogP contribution is -2.40. The minimum absolute atomic E-state index is 0.0133. The van der Waals surface area contributed by atoms with Crippen molar-refractivity contribution in [3.63, 3.8) is 0 Å². The van der Waals surface area contributed by atoms with Gasteiger partial charge in [-0.05, 0) is 42.0 Å². The van der Waals surface area contributed by atoms with Gasteiger partial charge in [0, 0.05) is 11.8 Å². The van der Waals surface area contributed by atoms with Crippen molar-refractivity contribution in [1.82, 2.24) is 0 Å². The summed E-state index contributed by atoms with van der Waals surface area (Å²) in [6, 6.07) is 22.4. The van der Waals surface area contributed by atoms with Gasteiger partial charge in [0.05, 0.1) is 55.0 Å². The number of allylic oxidation sites excluding steroid dienone is 1. The summed E-state index contributed by atoms with van der Waals surface area (Å²) in [6.07, 6.45) is 0. The topological polar surface area (TPSA) is 161 Å². The van der Waals surface area contributed by atoms with Gasteiger partial charge in [-0.3, -0.25) is 9.62 Å². The fourth-order valence-electron chi connectivity index (χ4n) is 4.46. The summed E-state index contributed by atoms with van der Waals surface area (Å²) in [6.45, 7) is 0. The van der Waals surface area contributed by atoms with Gasteiger partial charge >= 0.3 is 11.9 Å². The summed E-state index contributed by atoms with van der Waals surface area (Å²) < 4.78 is 43.8. The van der Waals surface area contributed by atoms with Crippen molar-refractivity contribution in [3.05, 3.63) is 107 Å². The smallest absolute Gasteiger partial charge is 0.355 e. The van der Waals surface area contributed by atoms with Crippen LogP contribution in [0.5, 0.6) is 5.75 Å². The zero-order valence-electron chi connectivity index (χ0n) is 22.3. The first-order valence-corrected chi connectivity index (χ1v) is 13.6. The predicted molar refractivity (Wildman–Crippen MR) is 150 cm³/mol. The van der Waals surface area contributed by atoms with E-state index in [1.165, 1.54) is 42.3 Å². The highest BCUT2D eigenvalue weighted by molar-refractivity contribution is 7.92. The van der Waals surface area contributed by atoms with Crippen LogP contribution in [0.25, 0.3) is 0 Å². The van der Waals surface area contributed by atoms with Crippen molar-refractivity contribution < 1.29 is 32.2 Å². The molecule has 0 spiro atoms.